The monoisotopic (exact) mass is 460 g/mol. The van der Waals surface area contributed by atoms with Gasteiger partial charge in [-0.2, -0.15) is 0 Å². The van der Waals surface area contributed by atoms with Crippen molar-refractivity contribution >= 4 is 22.7 Å². The maximum absolute atomic E-state index is 13.9. The fourth-order valence-corrected chi connectivity index (χ4v) is 5.34. The molecule has 0 spiro atoms. The molecule has 7 heteroatoms. The second kappa shape index (κ2) is 9.12. The molecule has 1 fully saturated rings. The van der Waals surface area contributed by atoms with Crippen LogP contribution < -0.4 is 10.1 Å². The molecule has 0 unspecified atom stereocenters. The van der Waals surface area contributed by atoms with Gasteiger partial charge in [0.1, 0.15) is 17.0 Å². The van der Waals surface area contributed by atoms with Gasteiger partial charge in [0, 0.05) is 36.4 Å². The summed E-state index contributed by atoms with van der Waals surface area (Å²) in [6.07, 6.45) is 10.2. The van der Waals surface area contributed by atoms with Crippen LogP contribution in [-0.2, 0) is 17.9 Å². The number of benzene rings is 1. The Labute approximate surface area is 200 Å². The van der Waals surface area contributed by atoms with E-state index in [1.54, 1.807) is 24.4 Å². The summed E-state index contributed by atoms with van der Waals surface area (Å²) in [5.41, 5.74) is 1.35. The van der Waals surface area contributed by atoms with E-state index in [0.29, 0.717) is 18.8 Å². The quantitative estimate of drug-likeness (QED) is 0.576. The molecule has 0 bridgehead atoms. The number of carbonyl (C=O) groups excluding carboxylic acids is 2. The van der Waals surface area contributed by atoms with E-state index in [2.05, 4.69) is 10.3 Å². The highest BCUT2D eigenvalue weighted by Crippen LogP contribution is 2.35. The lowest BCUT2D eigenvalue weighted by Gasteiger charge is -2.44. The van der Waals surface area contributed by atoms with E-state index in [9.17, 15) is 9.59 Å². The van der Waals surface area contributed by atoms with Gasteiger partial charge in [-0.3, -0.25) is 14.6 Å². The molecule has 3 heterocycles. The minimum absolute atomic E-state index is 0.0907. The second-order valence-corrected chi connectivity index (χ2v) is 9.73. The number of ether oxygens (including phenoxy) is 1. The van der Waals surface area contributed by atoms with Crippen LogP contribution in [0, 0.1) is 0 Å². The van der Waals surface area contributed by atoms with E-state index >= 15 is 0 Å². The van der Waals surface area contributed by atoms with Crippen LogP contribution in [0.1, 0.15) is 61.5 Å². The summed E-state index contributed by atoms with van der Waals surface area (Å²) in [5, 5.41) is 4.27. The average Bonchev–Trinajstić information content (AvgIpc) is 3.01. The summed E-state index contributed by atoms with van der Waals surface area (Å²) in [6, 6.07) is 11.7. The number of aromatic nitrogens is 2. The number of amides is 2. The number of fused-ring (bicyclic) bond motifs is 3. The van der Waals surface area contributed by atoms with Crippen molar-refractivity contribution in [2.45, 2.75) is 70.1 Å². The first kappa shape index (κ1) is 22.4. The summed E-state index contributed by atoms with van der Waals surface area (Å²) in [4.78, 5) is 33.7. The molecular weight excluding hydrogens is 428 g/mol. The summed E-state index contributed by atoms with van der Waals surface area (Å²) in [5.74, 6) is 0.485. The highest BCUT2D eigenvalue weighted by molar-refractivity contribution is 6.03. The molecule has 1 aliphatic carbocycles. The summed E-state index contributed by atoms with van der Waals surface area (Å²) >= 11 is 0. The largest absolute Gasteiger partial charge is 0.497 e. The minimum Gasteiger partial charge on any atom is -0.497 e. The van der Waals surface area contributed by atoms with E-state index in [1.807, 2.05) is 47.9 Å². The summed E-state index contributed by atoms with van der Waals surface area (Å²) in [6.45, 7) is 2.60. The number of carbonyl (C=O) groups is 2. The van der Waals surface area contributed by atoms with Crippen molar-refractivity contribution in [2.24, 2.45) is 0 Å². The van der Waals surface area contributed by atoms with Crippen molar-refractivity contribution in [3.63, 3.8) is 0 Å². The van der Waals surface area contributed by atoms with Crippen molar-refractivity contribution in [3.8, 4) is 5.75 Å². The van der Waals surface area contributed by atoms with Crippen molar-refractivity contribution in [1.29, 1.82) is 0 Å². The Morgan fingerprint density at radius 2 is 1.97 bits per heavy atom. The lowest BCUT2D eigenvalue weighted by molar-refractivity contribution is -0.134. The Morgan fingerprint density at radius 3 is 2.68 bits per heavy atom. The highest BCUT2D eigenvalue weighted by atomic mass is 16.5. The fraction of sp³-hybridized carbons (Fsp3) is 0.444. The third kappa shape index (κ3) is 4.04. The molecule has 2 aromatic heterocycles. The Kier molecular flexibility index (Phi) is 6.02. The molecule has 0 radical (unpaired) electrons. The van der Waals surface area contributed by atoms with Gasteiger partial charge < -0.3 is 19.5 Å². The number of nitrogens with zero attached hydrogens (tertiary/aromatic N) is 3. The van der Waals surface area contributed by atoms with E-state index in [-0.39, 0.29) is 17.9 Å². The highest BCUT2D eigenvalue weighted by Gasteiger charge is 2.48. The molecule has 7 nitrogen and oxygen atoms in total. The number of pyridine rings is 1. The molecule has 2 amide bonds. The number of hydrogen-bond acceptors (Lipinski definition) is 4. The third-order valence-electron chi connectivity index (χ3n) is 7.38. The smallest absolute Gasteiger partial charge is 0.271 e. The molecule has 1 aromatic carbocycles. The number of rotatable bonds is 5. The number of hydrogen-bond donors (Lipinski definition) is 1. The molecule has 2 aliphatic rings. The van der Waals surface area contributed by atoms with Gasteiger partial charge in [0.05, 0.1) is 19.2 Å². The van der Waals surface area contributed by atoms with E-state index < -0.39 is 5.54 Å². The number of methoxy groups -OCH3 is 1. The molecule has 1 N–H and O–H groups in total. The van der Waals surface area contributed by atoms with E-state index in [0.717, 1.165) is 47.9 Å². The fourth-order valence-electron chi connectivity index (χ4n) is 5.34. The Balaban J connectivity index is 1.55. The first-order valence-corrected chi connectivity index (χ1v) is 12.2. The lowest BCUT2D eigenvalue weighted by atomic mass is 9.93. The molecular formula is C27H32N4O3. The maximum atomic E-state index is 13.9. The minimum atomic E-state index is -1.04. The van der Waals surface area contributed by atoms with Gasteiger partial charge in [-0.25, -0.2) is 0 Å². The average molecular weight is 461 g/mol. The molecule has 178 valence electrons. The zero-order valence-electron chi connectivity index (χ0n) is 19.9. The Morgan fingerprint density at radius 1 is 1.18 bits per heavy atom. The van der Waals surface area contributed by atoms with Crippen LogP contribution in [0.4, 0.5) is 0 Å². The zero-order valence-corrected chi connectivity index (χ0v) is 19.9. The van der Waals surface area contributed by atoms with Gasteiger partial charge in [0.25, 0.3) is 5.91 Å². The molecule has 1 saturated carbocycles. The molecule has 5 rings (SSSR count). The van der Waals surface area contributed by atoms with Crippen LogP contribution in [0.15, 0.2) is 48.8 Å². The predicted molar refractivity (Wildman–Crippen MR) is 131 cm³/mol. The van der Waals surface area contributed by atoms with Crippen molar-refractivity contribution in [3.05, 3.63) is 60.0 Å². The predicted octanol–water partition coefficient (Wildman–Crippen LogP) is 4.30. The number of nitrogens with one attached hydrogen (secondary N) is 1. The van der Waals surface area contributed by atoms with Crippen LogP contribution >= 0.6 is 0 Å². The van der Waals surface area contributed by atoms with Crippen molar-refractivity contribution in [2.75, 3.05) is 7.11 Å². The normalized spacial score (nSPS) is 21.2. The molecule has 34 heavy (non-hydrogen) atoms. The summed E-state index contributed by atoms with van der Waals surface area (Å²) < 4.78 is 7.41. The van der Waals surface area contributed by atoms with Gasteiger partial charge in [-0.1, -0.05) is 31.7 Å². The Hall–Kier alpha value is -3.35. The molecule has 1 atom stereocenters. The van der Waals surface area contributed by atoms with Gasteiger partial charge in [-0.05, 0) is 49.6 Å². The molecule has 0 saturated heterocycles. The van der Waals surface area contributed by atoms with Crippen LogP contribution in [-0.4, -0.2) is 45.0 Å². The van der Waals surface area contributed by atoms with Crippen LogP contribution in [0.25, 0.3) is 10.9 Å². The topological polar surface area (TPSA) is 76.5 Å². The van der Waals surface area contributed by atoms with E-state index in [4.69, 9.17) is 4.74 Å². The first-order chi connectivity index (χ1) is 16.5. The first-order valence-electron chi connectivity index (χ1n) is 12.2. The maximum Gasteiger partial charge on any atom is 0.271 e. The molecule has 1 aliphatic heterocycles. The zero-order chi connectivity index (χ0) is 23.7. The van der Waals surface area contributed by atoms with Gasteiger partial charge >= 0.3 is 0 Å². The van der Waals surface area contributed by atoms with Crippen LogP contribution in [0.5, 0.6) is 5.75 Å². The third-order valence-corrected chi connectivity index (χ3v) is 7.38. The summed E-state index contributed by atoms with van der Waals surface area (Å²) in [7, 11) is 1.63. The van der Waals surface area contributed by atoms with Gasteiger partial charge in [-0.15, -0.1) is 0 Å². The van der Waals surface area contributed by atoms with Crippen LogP contribution in [0.3, 0.4) is 0 Å². The standard InChI is InChI=1S/C27H32N4O3/c1-27(26(33)29-21-9-5-3-4-6-10-21)18-30-23-15-22(34-2)12-11-20(23)14-24(30)25(32)31(27)17-19-8-7-13-28-16-19/h7-8,11-16,21H,3-6,9-10,17-18H2,1-2H3,(H,29,33)/t27-/m1/s1. The lowest BCUT2D eigenvalue weighted by Crippen LogP contribution is -2.64. The van der Waals surface area contributed by atoms with Gasteiger partial charge in [0.15, 0.2) is 0 Å². The Bertz CT molecular complexity index is 1200. The van der Waals surface area contributed by atoms with Crippen molar-refractivity contribution in [1.82, 2.24) is 19.8 Å². The SMILES string of the molecule is COc1ccc2cc3n(c2c1)C[C@](C)(C(=O)NC1CCCCCC1)N(Cc1cccnc1)C3=O. The molecule has 3 aromatic rings. The van der Waals surface area contributed by atoms with Crippen LogP contribution in [0.2, 0.25) is 0 Å². The van der Waals surface area contributed by atoms with Crippen molar-refractivity contribution < 1.29 is 14.3 Å². The van der Waals surface area contributed by atoms with Gasteiger partial charge in [0.2, 0.25) is 5.91 Å². The second-order valence-electron chi connectivity index (χ2n) is 9.73. The van der Waals surface area contributed by atoms with E-state index in [1.165, 1.54) is 12.8 Å².